The second-order valence-corrected chi connectivity index (χ2v) is 5.37. The van der Waals surface area contributed by atoms with E-state index in [1.807, 2.05) is 0 Å². The Hall–Kier alpha value is -0.820. The molecule has 1 nitrogen and oxygen atoms in total. The van der Waals surface area contributed by atoms with Crippen LogP contribution in [0.2, 0.25) is 0 Å². The van der Waals surface area contributed by atoms with Gasteiger partial charge in [-0.15, -0.1) is 0 Å². The first-order chi connectivity index (χ1) is 8.33. The van der Waals surface area contributed by atoms with Crippen molar-refractivity contribution in [2.75, 3.05) is 7.05 Å². The number of nitrogens with one attached hydrogen (secondary N) is 1. The van der Waals surface area contributed by atoms with Crippen molar-refractivity contribution >= 4 is 0 Å². The van der Waals surface area contributed by atoms with Crippen LogP contribution in [-0.2, 0) is 6.42 Å². The molecule has 1 aliphatic carbocycles. The Morgan fingerprint density at radius 2 is 1.94 bits per heavy atom. The Morgan fingerprint density at radius 3 is 2.41 bits per heavy atom. The highest BCUT2D eigenvalue weighted by Crippen LogP contribution is 2.34. The predicted molar refractivity (Wildman–Crippen MR) is 74.2 cm³/mol. The van der Waals surface area contributed by atoms with E-state index in [9.17, 15) is 0 Å². The zero-order chi connectivity index (χ0) is 12.1. The van der Waals surface area contributed by atoms with Crippen molar-refractivity contribution in [3.8, 4) is 0 Å². The summed E-state index contributed by atoms with van der Waals surface area (Å²) in [5.41, 5.74) is 2.93. The summed E-state index contributed by atoms with van der Waals surface area (Å²) in [5, 5.41) is 3.47. The largest absolute Gasteiger partial charge is 0.313 e. The fraction of sp³-hybridized carbons (Fsp3) is 0.625. The second kappa shape index (κ2) is 6.20. The molecule has 94 valence electrons. The first-order valence-electron chi connectivity index (χ1n) is 7.09. The highest BCUT2D eigenvalue weighted by Gasteiger charge is 2.21. The van der Waals surface area contributed by atoms with E-state index in [0.29, 0.717) is 6.04 Å². The molecule has 17 heavy (non-hydrogen) atoms. The van der Waals surface area contributed by atoms with Gasteiger partial charge in [0.25, 0.3) is 0 Å². The Kier molecular flexibility index (Phi) is 4.61. The number of rotatable bonds is 6. The van der Waals surface area contributed by atoms with Gasteiger partial charge in [0.2, 0.25) is 0 Å². The predicted octanol–water partition coefficient (Wildman–Crippen LogP) is 4.09. The van der Waals surface area contributed by atoms with E-state index < -0.39 is 0 Å². The molecule has 0 amide bonds. The van der Waals surface area contributed by atoms with Crippen molar-refractivity contribution in [1.29, 1.82) is 0 Å². The van der Waals surface area contributed by atoms with Gasteiger partial charge < -0.3 is 5.32 Å². The van der Waals surface area contributed by atoms with Gasteiger partial charge in [0.15, 0.2) is 0 Å². The zero-order valence-electron chi connectivity index (χ0n) is 11.2. The smallest absolute Gasteiger partial charge is 0.0320 e. The standard InChI is InChI=1S/C16H25N/c1-3-5-13-8-10-15(11-9-13)16(17-2)12-14-6-4-7-14/h8-11,14,16-17H,3-7,12H2,1-2H3. The first-order valence-corrected chi connectivity index (χ1v) is 7.09. The minimum atomic E-state index is 0.552. The van der Waals surface area contributed by atoms with Crippen LogP contribution < -0.4 is 5.32 Å². The molecule has 0 saturated heterocycles. The lowest BCUT2D eigenvalue weighted by atomic mass is 9.79. The van der Waals surface area contributed by atoms with Gasteiger partial charge in [0.1, 0.15) is 0 Å². The molecule has 1 N–H and O–H groups in total. The van der Waals surface area contributed by atoms with Crippen LogP contribution in [0.5, 0.6) is 0 Å². The van der Waals surface area contributed by atoms with Crippen LogP contribution in [0.1, 0.15) is 56.2 Å². The summed E-state index contributed by atoms with van der Waals surface area (Å²) in [6, 6.07) is 9.76. The number of hydrogen-bond donors (Lipinski definition) is 1. The van der Waals surface area contributed by atoms with Gasteiger partial charge in [-0.2, -0.15) is 0 Å². The summed E-state index contributed by atoms with van der Waals surface area (Å²) in [5.74, 6) is 0.961. The van der Waals surface area contributed by atoms with Gasteiger partial charge in [0.05, 0.1) is 0 Å². The van der Waals surface area contributed by atoms with Gasteiger partial charge >= 0.3 is 0 Å². The third kappa shape index (κ3) is 3.32. The van der Waals surface area contributed by atoms with Gasteiger partial charge in [-0.05, 0) is 36.9 Å². The summed E-state index contributed by atoms with van der Waals surface area (Å²) in [6.07, 6.45) is 8.06. The van der Waals surface area contributed by atoms with E-state index in [1.165, 1.54) is 49.7 Å². The van der Waals surface area contributed by atoms with E-state index >= 15 is 0 Å². The van der Waals surface area contributed by atoms with Crippen LogP contribution in [0.3, 0.4) is 0 Å². The Morgan fingerprint density at radius 1 is 1.24 bits per heavy atom. The Balaban J connectivity index is 1.97. The van der Waals surface area contributed by atoms with Crippen molar-refractivity contribution in [2.45, 2.75) is 51.5 Å². The maximum absolute atomic E-state index is 3.47. The molecule has 1 aliphatic rings. The summed E-state index contributed by atoms with van der Waals surface area (Å²) in [4.78, 5) is 0. The highest BCUT2D eigenvalue weighted by molar-refractivity contribution is 5.25. The van der Waals surface area contributed by atoms with E-state index in [1.54, 1.807) is 0 Å². The number of aryl methyl sites for hydroxylation is 1. The van der Waals surface area contributed by atoms with Crippen molar-refractivity contribution in [1.82, 2.24) is 5.32 Å². The molecule has 1 saturated carbocycles. The lowest BCUT2D eigenvalue weighted by Crippen LogP contribution is -2.23. The average Bonchev–Trinajstić information content (AvgIpc) is 2.30. The fourth-order valence-electron chi connectivity index (χ4n) is 2.69. The summed E-state index contributed by atoms with van der Waals surface area (Å²) >= 11 is 0. The zero-order valence-corrected chi connectivity index (χ0v) is 11.2. The fourth-order valence-corrected chi connectivity index (χ4v) is 2.69. The van der Waals surface area contributed by atoms with Gasteiger partial charge in [-0.25, -0.2) is 0 Å². The van der Waals surface area contributed by atoms with Crippen LogP contribution in [0.15, 0.2) is 24.3 Å². The molecule has 0 aliphatic heterocycles. The molecule has 0 heterocycles. The monoisotopic (exact) mass is 231 g/mol. The maximum atomic E-state index is 3.47. The lowest BCUT2D eigenvalue weighted by molar-refractivity contribution is 0.265. The van der Waals surface area contributed by atoms with Crippen molar-refractivity contribution in [2.24, 2.45) is 5.92 Å². The molecule has 2 rings (SSSR count). The molecule has 0 spiro atoms. The van der Waals surface area contributed by atoms with Crippen LogP contribution in [0.4, 0.5) is 0 Å². The second-order valence-electron chi connectivity index (χ2n) is 5.37. The van der Waals surface area contributed by atoms with Crippen LogP contribution in [0.25, 0.3) is 0 Å². The highest BCUT2D eigenvalue weighted by atomic mass is 14.9. The molecule has 1 heteroatoms. The third-order valence-electron chi connectivity index (χ3n) is 4.06. The lowest BCUT2D eigenvalue weighted by Gasteiger charge is -2.29. The molecule has 1 aromatic rings. The molecular weight excluding hydrogens is 206 g/mol. The third-order valence-corrected chi connectivity index (χ3v) is 4.06. The van der Waals surface area contributed by atoms with Crippen LogP contribution >= 0.6 is 0 Å². The topological polar surface area (TPSA) is 12.0 Å². The van der Waals surface area contributed by atoms with Crippen LogP contribution in [0, 0.1) is 5.92 Å². The Bertz CT molecular complexity index is 324. The number of hydrogen-bond acceptors (Lipinski definition) is 1. The molecule has 1 fully saturated rings. The summed E-state index contributed by atoms with van der Waals surface area (Å²) in [6.45, 7) is 2.24. The minimum Gasteiger partial charge on any atom is -0.313 e. The summed E-state index contributed by atoms with van der Waals surface area (Å²) in [7, 11) is 2.09. The molecule has 1 atom stereocenters. The quantitative estimate of drug-likeness (QED) is 0.777. The SMILES string of the molecule is CCCc1ccc(C(CC2CCC2)NC)cc1. The molecule has 0 bridgehead atoms. The molecule has 0 aromatic heterocycles. The normalized spacial score (nSPS) is 17.8. The number of benzene rings is 1. The van der Waals surface area contributed by atoms with Crippen molar-refractivity contribution in [3.05, 3.63) is 35.4 Å². The van der Waals surface area contributed by atoms with Gasteiger partial charge in [0, 0.05) is 6.04 Å². The molecule has 0 radical (unpaired) electrons. The average molecular weight is 231 g/mol. The Labute approximate surface area is 106 Å². The molecule has 1 unspecified atom stereocenters. The molecule has 1 aromatic carbocycles. The summed E-state index contributed by atoms with van der Waals surface area (Å²) < 4.78 is 0. The van der Waals surface area contributed by atoms with Crippen molar-refractivity contribution in [3.63, 3.8) is 0 Å². The van der Waals surface area contributed by atoms with Crippen molar-refractivity contribution < 1.29 is 0 Å². The first kappa shape index (κ1) is 12.6. The molecular formula is C16H25N. The maximum Gasteiger partial charge on any atom is 0.0320 e. The van der Waals surface area contributed by atoms with Gasteiger partial charge in [-0.1, -0.05) is 56.9 Å². The van der Waals surface area contributed by atoms with E-state index in [4.69, 9.17) is 0 Å². The van der Waals surface area contributed by atoms with Crippen LogP contribution in [-0.4, -0.2) is 7.05 Å². The van der Waals surface area contributed by atoms with E-state index in [2.05, 4.69) is 43.6 Å². The van der Waals surface area contributed by atoms with Gasteiger partial charge in [-0.3, -0.25) is 0 Å². The van der Waals surface area contributed by atoms with E-state index in [0.717, 1.165) is 5.92 Å². The minimum absolute atomic E-state index is 0.552. The van der Waals surface area contributed by atoms with E-state index in [-0.39, 0.29) is 0 Å².